The third-order valence-electron chi connectivity index (χ3n) is 2.31. The van der Waals surface area contributed by atoms with Crippen molar-refractivity contribution in [2.24, 2.45) is 5.10 Å². The molecular formula is C13H14N4O2S. The Morgan fingerprint density at radius 3 is 2.70 bits per heavy atom. The van der Waals surface area contributed by atoms with Crippen LogP contribution in [0.25, 0.3) is 0 Å². The van der Waals surface area contributed by atoms with E-state index in [4.69, 9.17) is 17.0 Å². The zero-order valence-electron chi connectivity index (χ0n) is 11.1. The smallest absolute Gasteiger partial charge is 0.293 e. The molecular weight excluding hydrogens is 276 g/mol. The Morgan fingerprint density at radius 1 is 1.40 bits per heavy atom. The van der Waals surface area contributed by atoms with Crippen molar-refractivity contribution in [3.8, 4) is 5.75 Å². The van der Waals surface area contributed by atoms with Crippen molar-refractivity contribution < 1.29 is 4.74 Å². The van der Waals surface area contributed by atoms with Crippen LogP contribution < -0.4 is 10.3 Å². The molecule has 0 aliphatic rings. The van der Waals surface area contributed by atoms with Crippen LogP contribution in [0.2, 0.25) is 0 Å². The van der Waals surface area contributed by atoms with Crippen LogP contribution in [-0.4, -0.2) is 27.2 Å². The first-order valence-corrected chi connectivity index (χ1v) is 6.45. The highest BCUT2D eigenvalue weighted by atomic mass is 32.1. The fraction of sp³-hybridized carbons (Fsp3) is 0.231. The molecule has 1 aromatic heterocycles. The van der Waals surface area contributed by atoms with Gasteiger partial charge >= 0.3 is 0 Å². The Balaban J connectivity index is 2.20. The van der Waals surface area contributed by atoms with Crippen molar-refractivity contribution in [1.29, 1.82) is 0 Å². The van der Waals surface area contributed by atoms with Gasteiger partial charge in [0.25, 0.3) is 5.56 Å². The summed E-state index contributed by atoms with van der Waals surface area (Å²) >= 11 is 4.93. The summed E-state index contributed by atoms with van der Waals surface area (Å²) in [7, 11) is 0. The van der Waals surface area contributed by atoms with E-state index in [0.29, 0.717) is 0 Å². The maximum absolute atomic E-state index is 11.5. The molecule has 0 spiro atoms. The molecule has 6 nitrogen and oxygen atoms in total. The van der Waals surface area contributed by atoms with Gasteiger partial charge in [-0.05, 0) is 55.9 Å². The Hall–Kier alpha value is -2.28. The van der Waals surface area contributed by atoms with Gasteiger partial charge in [-0.1, -0.05) is 0 Å². The second-order valence-corrected chi connectivity index (χ2v) is 4.69. The quantitative estimate of drug-likeness (QED) is 0.690. The lowest BCUT2D eigenvalue weighted by molar-refractivity contribution is 0.242. The van der Waals surface area contributed by atoms with Gasteiger partial charge in [0.2, 0.25) is 4.77 Å². The van der Waals surface area contributed by atoms with Crippen LogP contribution in [0.3, 0.4) is 0 Å². The molecule has 0 fully saturated rings. The minimum Gasteiger partial charge on any atom is -0.491 e. The van der Waals surface area contributed by atoms with Crippen molar-refractivity contribution in [1.82, 2.24) is 14.9 Å². The number of hydrogen-bond donors (Lipinski definition) is 1. The predicted molar refractivity (Wildman–Crippen MR) is 78.9 cm³/mol. The Morgan fingerprint density at radius 2 is 2.10 bits per heavy atom. The molecule has 0 saturated carbocycles. The molecule has 0 bridgehead atoms. The van der Waals surface area contributed by atoms with Crippen molar-refractivity contribution in [3.05, 3.63) is 51.2 Å². The first-order valence-electron chi connectivity index (χ1n) is 6.04. The number of ether oxygens (including phenoxy) is 1. The van der Waals surface area contributed by atoms with Crippen LogP contribution in [0.1, 0.15) is 19.4 Å². The van der Waals surface area contributed by atoms with Gasteiger partial charge in [0, 0.05) is 0 Å². The molecule has 1 aromatic carbocycles. The molecule has 0 atom stereocenters. The largest absolute Gasteiger partial charge is 0.491 e. The summed E-state index contributed by atoms with van der Waals surface area (Å²) in [4.78, 5) is 11.5. The van der Waals surface area contributed by atoms with Gasteiger partial charge in [0.15, 0.2) is 0 Å². The van der Waals surface area contributed by atoms with E-state index in [9.17, 15) is 4.79 Å². The molecule has 2 rings (SSSR count). The lowest BCUT2D eigenvalue weighted by Crippen LogP contribution is -2.18. The summed E-state index contributed by atoms with van der Waals surface area (Å²) in [5, 5.41) is 10.1. The molecule has 7 heteroatoms. The maximum atomic E-state index is 11.5. The predicted octanol–water partition coefficient (Wildman–Crippen LogP) is 1.97. The van der Waals surface area contributed by atoms with Crippen molar-refractivity contribution in [2.45, 2.75) is 20.0 Å². The fourth-order valence-electron chi connectivity index (χ4n) is 1.48. The molecule has 0 amide bonds. The van der Waals surface area contributed by atoms with E-state index in [2.05, 4.69) is 15.3 Å². The molecule has 1 heterocycles. The fourth-order valence-corrected chi connectivity index (χ4v) is 1.67. The molecule has 0 unspecified atom stereocenters. The molecule has 2 aromatic rings. The second kappa shape index (κ2) is 6.25. The summed E-state index contributed by atoms with van der Waals surface area (Å²) in [5.74, 6) is 0.788. The molecule has 1 N–H and O–H groups in total. The lowest BCUT2D eigenvalue weighted by atomic mass is 10.2. The van der Waals surface area contributed by atoms with Crippen LogP contribution in [-0.2, 0) is 0 Å². The van der Waals surface area contributed by atoms with Crippen LogP contribution in [0.4, 0.5) is 0 Å². The molecule has 0 aliphatic heterocycles. The Bertz CT molecular complexity index is 688. The van der Waals surface area contributed by atoms with Crippen molar-refractivity contribution >= 4 is 18.4 Å². The summed E-state index contributed by atoms with van der Waals surface area (Å²) in [6, 6.07) is 7.38. The average Bonchev–Trinajstić information content (AvgIpc) is 2.39. The van der Waals surface area contributed by atoms with Gasteiger partial charge in [-0.15, -0.1) is 0 Å². The van der Waals surface area contributed by atoms with E-state index in [-0.39, 0.29) is 16.4 Å². The molecule has 104 valence electrons. The van der Waals surface area contributed by atoms with Crippen molar-refractivity contribution in [2.75, 3.05) is 0 Å². The van der Waals surface area contributed by atoms with Crippen LogP contribution in [0.5, 0.6) is 5.75 Å². The maximum Gasteiger partial charge on any atom is 0.293 e. The summed E-state index contributed by atoms with van der Waals surface area (Å²) in [6.45, 7) is 3.93. The summed E-state index contributed by atoms with van der Waals surface area (Å²) < 4.78 is 6.76. The van der Waals surface area contributed by atoms with Crippen LogP contribution in [0, 0.1) is 4.77 Å². The van der Waals surface area contributed by atoms with Crippen molar-refractivity contribution in [3.63, 3.8) is 0 Å². The number of benzene rings is 1. The monoisotopic (exact) mass is 290 g/mol. The normalized spacial score (nSPS) is 11.2. The Kier molecular flexibility index (Phi) is 4.41. The zero-order valence-corrected chi connectivity index (χ0v) is 11.9. The number of aromatic nitrogens is 3. The Labute approximate surface area is 120 Å². The molecule has 0 aliphatic carbocycles. The number of nitrogens with one attached hydrogen (secondary N) is 1. The van der Waals surface area contributed by atoms with E-state index in [1.165, 1.54) is 0 Å². The van der Waals surface area contributed by atoms with Gasteiger partial charge in [0.1, 0.15) is 11.9 Å². The van der Waals surface area contributed by atoms with Gasteiger partial charge in [-0.3, -0.25) is 9.89 Å². The minimum atomic E-state index is -0.384. The van der Waals surface area contributed by atoms with Gasteiger partial charge in [-0.25, -0.2) is 0 Å². The van der Waals surface area contributed by atoms with E-state index >= 15 is 0 Å². The first-order chi connectivity index (χ1) is 9.56. The van der Waals surface area contributed by atoms with E-state index < -0.39 is 0 Å². The van der Waals surface area contributed by atoms with Gasteiger partial charge in [-0.2, -0.15) is 14.9 Å². The standard InChI is InChI=1S/C13H14N4O2S/c1-9(2)19-11-5-3-10(4-6-11)7-15-17-12(18)8-14-16-13(17)20/h3-9H,1-2H3,(H,16,20)/b15-7+. The highest BCUT2D eigenvalue weighted by Gasteiger charge is 1.98. The summed E-state index contributed by atoms with van der Waals surface area (Å²) in [6.07, 6.45) is 2.79. The third kappa shape index (κ3) is 3.61. The third-order valence-corrected chi connectivity index (χ3v) is 2.57. The number of H-pyrrole nitrogens is 1. The SMILES string of the molecule is CC(C)Oc1ccc(/C=N/n2c(=O)cn[nH]c2=S)cc1. The van der Waals surface area contributed by atoms with Gasteiger partial charge < -0.3 is 4.74 Å². The van der Waals surface area contributed by atoms with Crippen LogP contribution in [0.15, 0.2) is 40.4 Å². The lowest BCUT2D eigenvalue weighted by Gasteiger charge is -2.09. The molecule has 0 saturated heterocycles. The van der Waals surface area contributed by atoms with E-state index in [1.54, 1.807) is 6.21 Å². The average molecular weight is 290 g/mol. The summed E-state index contributed by atoms with van der Waals surface area (Å²) in [5.41, 5.74) is 0.448. The highest BCUT2D eigenvalue weighted by molar-refractivity contribution is 7.71. The number of hydrogen-bond acceptors (Lipinski definition) is 5. The van der Waals surface area contributed by atoms with E-state index in [0.717, 1.165) is 22.2 Å². The second-order valence-electron chi connectivity index (χ2n) is 4.31. The first kappa shape index (κ1) is 14.1. The number of rotatable bonds is 4. The van der Waals surface area contributed by atoms with Gasteiger partial charge in [0.05, 0.1) is 12.3 Å². The topological polar surface area (TPSA) is 72.3 Å². The van der Waals surface area contributed by atoms with Crippen LogP contribution >= 0.6 is 12.2 Å². The number of aromatic amines is 1. The highest BCUT2D eigenvalue weighted by Crippen LogP contribution is 2.12. The number of nitrogens with zero attached hydrogens (tertiary/aromatic N) is 3. The zero-order chi connectivity index (χ0) is 14.5. The minimum absolute atomic E-state index is 0.128. The molecule has 20 heavy (non-hydrogen) atoms. The molecule has 0 radical (unpaired) electrons. The van der Waals surface area contributed by atoms with E-state index in [1.807, 2.05) is 38.1 Å².